The van der Waals surface area contributed by atoms with E-state index in [1.165, 1.54) is 25.7 Å². The molecular weight excluding hydrogens is 302 g/mol. The summed E-state index contributed by atoms with van der Waals surface area (Å²) in [6, 6.07) is 0. The maximum Gasteiger partial charge on any atom is 0.394 e. The molecule has 0 atom stereocenters. The Labute approximate surface area is 126 Å². The smallest absolute Gasteiger partial charge is 0.365 e. The molecule has 0 spiro atoms. The summed E-state index contributed by atoms with van der Waals surface area (Å²) in [7, 11) is -4.67. The molecule has 0 aromatic rings. The van der Waals surface area contributed by atoms with E-state index in [1.54, 1.807) is 11.8 Å². The van der Waals surface area contributed by atoms with Crippen LogP contribution in [0.4, 0.5) is 0 Å². The van der Waals surface area contributed by atoms with E-state index >= 15 is 0 Å². The minimum absolute atomic E-state index is 0.715. The Hall–Kier alpha value is -0.350. The quantitative estimate of drug-likeness (QED) is 0.230. The molecule has 0 radical (unpaired) electrons. The first-order valence-corrected chi connectivity index (χ1v) is 9.04. The third-order valence-corrected chi connectivity index (χ3v) is 2.92. The molecule has 0 unspecified atom stereocenters. The van der Waals surface area contributed by atoms with Crippen molar-refractivity contribution in [2.24, 2.45) is 10.7 Å². The summed E-state index contributed by atoms with van der Waals surface area (Å²) in [5, 5.41) is 4.44. The molecule has 0 aromatic heterocycles. The van der Waals surface area contributed by atoms with Crippen LogP contribution in [0, 0.1) is 0 Å². The number of hydrogen-bond acceptors (Lipinski definition) is 5. The van der Waals surface area contributed by atoms with E-state index in [1.807, 2.05) is 0 Å². The summed E-state index contributed by atoms with van der Waals surface area (Å²) in [4.78, 5) is 4.54. The van der Waals surface area contributed by atoms with Gasteiger partial charge < -0.3 is 11.1 Å². The molecule has 0 saturated heterocycles. The number of nitrogens with two attached hydrogens (primary N) is 1. The number of nitrogens with one attached hydrogen (secondary N) is 1. The molecule has 0 aliphatic carbocycles. The van der Waals surface area contributed by atoms with Crippen molar-refractivity contribution in [2.75, 3.05) is 25.4 Å². The number of amidine groups is 1. The van der Waals surface area contributed by atoms with Crippen molar-refractivity contribution in [1.29, 1.82) is 0 Å². The van der Waals surface area contributed by atoms with Crippen LogP contribution in [-0.2, 0) is 10.4 Å². The predicted octanol–water partition coefficient (Wildman–Crippen LogP) is 1.57. The highest BCUT2D eigenvalue weighted by atomic mass is 32.3. The number of hydrogen-bond donors (Lipinski definition) is 4. The van der Waals surface area contributed by atoms with Crippen molar-refractivity contribution < 1.29 is 17.5 Å². The van der Waals surface area contributed by atoms with Gasteiger partial charge in [0.05, 0.1) is 0 Å². The Morgan fingerprint density at radius 1 is 1.25 bits per heavy atom. The Balaban J connectivity index is 0. The van der Waals surface area contributed by atoms with Gasteiger partial charge in [0.1, 0.15) is 0 Å². The fourth-order valence-corrected chi connectivity index (χ4v) is 1.72. The highest BCUT2D eigenvalue weighted by Gasteiger charge is 1.97. The maximum atomic E-state index is 8.74. The van der Waals surface area contributed by atoms with Gasteiger partial charge in [-0.05, 0) is 12.8 Å². The van der Waals surface area contributed by atoms with Crippen LogP contribution in [0.3, 0.4) is 0 Å². The van der Waals surface area contributed by atoms with Crippen LogP contribution in [0.15, 0.2) is 4.99 Å². The van der Waals surface area contributed by atoms with Crippen molar-refractivity contribution in [3.63, 3.8) is 0 Å². The second kappa shape index (κ2) is 15.0. The van der Waals surface area contributed by atoms with Crippen LogP contribution in [0.25, 0.3) is 0 Å². The first-order valence-electron chi connectivity index (χ1n) is 6.66. The largest absolute Gasteiger partial charge is 0.394 e. The van der Waals surface area contributed by atoms with E-state index in [0.29, 0.717) is 6.54 Å². The Morgan fingerprint density at radius 3 is 2.25 bits per heavy atom. The standard InChI is InChI=1S/C11H25N3S.H2O4S/c1-3-5-8-13-11(15-10-7-12)14-9-6-4-2;1-5(2,3)4/h3-10,12H2,1-2H3,(H,13,14);(H2,1,2,3,4). The van der Waals surface area contributed by atoms with Crippen LogP contribution < -0.4 is 11.1 Å². The van der Waals surface area contributed by atoms with E-state index in [0.717, 1.165) is 24.0 Å². The lowest BCUT2D eigenvalue weighted by atomic mass is 10.3. The number of rotatable bonds is 8. The van der Waals surface area contributed by atoms with E-state index < -0.39 is 10.4 Å². The normalized spacial score (nSPS) is 11.8. The minimum Gasteiger partial charge on any atom is -0.365 e. The lowest BCUT2D eigenvalue weighted by molar-refractivity contribution is 0.381. The minimum atomic E-state index is -4.67. The van der Waals surface area contributed by atoms with Crippen LogP contribution in [-0.4, -0.2) is 48.1 Å². The van der Waals surface area contributed by atoms with Gasteiger partial charge in [0, 0.05) is 25.4 Å². The third-order valence-electron chi connectivity index (χ3n) is 1.93. The molecule has 0 bridgehead atoms. The van der Waals surface area contributed by atoms with Crippen LogP contribution >= 0.6 is 11.8 Å². The van der Waals surface area contributed by atoms with E-state index in [-0.39, 0.29) is 0 Å². The van der Waals surface area contributed by atoms with Gasteiger partial charge in [0.15, 0.2) is 5.17 Å². The second-order valence-corrected chi connectivity index (χ2v) is 5.89. The molecule has 9 heteroatoms. The van der Waals surface area contributed by atoms with Gasteiger partial charge in [0.2, 0.25) is 0 Å². The lowest BCUT2D eigenvalue weighted by Crippen LogP contribution is -2.23. The van der Waals surface area contributed by atoms with E-state index in [2.05, 4.69) is 24.2 Å². The van der Waals surface area contributed by atoms with E-state index in [4.69, 9.17) is 23.3 Å². The molecule has 0 heterocycles. The van der Waals surface area contributed by atoms with Crippen molar-refractivity contribution >= 4 is 27.3 Å². The monoisotopic (exact) mass is 329 g/mol. The highest BCUT2D eigenvalue weighted by Crippen LogP contribution is 2.02. The third kappa shape index (κ3) is 26.3. The average molecular weight is 329 g/mol. The van der Waals surface area contributed by atoms with Gasteiger partial charge in [-0.2, -0.15) is 8.42 Å². The molecule has 7 nitrogen and oxygen atoms in total. The second-order valence-electron chi connectivity index (χ2n) is 3.91. The van der Waals surface area contributed by atoms with Gasteiger partial charge in [-0.1, -0.05) is 38.5 Å². The summed E-state index contributed by atoms with van der Waals surface area (Å²) in [5.74, 6) is 0.948. The number of aliphatic imine (C=N–C) groups is 1. The molecule has 0 saturated carbocycles. The summed E-state index contributed by atoms with van der Waals surface area (Å²) in [5.41, 5.74) is 5.48. The molecular formula is C11H27N3O4S2. The molecule has 122 valence electrons. The Kier molecular flexibility index (Phi) is 16.5. The van der Waals surface area contributed by atoms with E-state index in [9.17, 15) is 0 Å². The first-order chi connectivity index (χ1) is 9.35. The molecule has 0 amide bonds. The molecule has 0 aliphatic heterocycles. The van der Waals surface area contributed by atoms with Crippen molar-refractivity contribution in [1.82, 2.24) is 5.32 Å². The topological polar surface area (TPSA) is 125 Å². The highest BCUT2D eigenvalue weighted by molar-refractivity contribution is 8.13. The van der Waals surface area contributed by atoms with Crippen LogP contribution in [0.2, 0.25) is 0 Å². The zero-order chi connectivity index (χ0) is 15.9. The Bertz CT molecular complexity index is 327. The number of thioether (sulfide) groups is 1. The first kappa shape index (κ1) is 21.9. The van der Waals surface area contributed by atoms with Gasteiger partial charge in [0.25, 0.3) is 0 Å². The summed E-state index contributed by atoms with van der Waals surface area (Å²) in [6.45, 7) is 7.06. The molecule has 0 fully saturated rings. The zero-order valence-electron chi connectivity index (χ0n) is 12.2. The van der Waals surface area contributed by atoms with Gasteiger partial charge in [-0.25, -0.2) is 0 Å². The van der Waals surface area contributed by atoms with Crippen molar-refractivity contribution in [3.8, 4) is 0 Å². The molecule has 0 rings (SSSR count). The van der Waals surface area contributed by atoms with Crippen LogP contribution in [0.1, 0.15) is 39.5 Å². The average Bonchev–Trinajstić information content (AvgIpc) is 2.33. The summed E-state index contributed by atoms with van der Waals surface area (Å²) >= 11 is 1.74. The zero-order valence-corrected chi connectivity index (χ0v) is 13.8. The van der Waals surface area contributed by atoms with Crippen LogP contribution in [0.5, 0.6) is 0 Å². The molecule has 20 heavy (non-hydrogen) atoms. The predicted molar refractivity (Wildman–Crippen MR) is 85.8 cm³/mol. The molecule has 0 aromatic carbocycles. The Morgan fingerprint density at radius 2 is 1.80 bits per heavy atom. The lowest BCUT2D eigenvalue weighted by Gasteiger charge is -2.08. The van der Waals surface area contributed by atoms with Gasteiger partial charge in [-0.3, -0.25) is 14.1 Å². The number of nitrogens with zero attached hydrogens (tertiary/aromatic N) is 1. The fraction of sp³-hybridized carbons (Fsp3) is 0.909. The fourth-order valence-electron chi connectivity index (χ4n) is 1.02. The van der Waals surface area contributed by atoms with Crippen molar-refractivity contribution in [2.45, 2.75) is 39.5 Å². The van der Waals surface area contributed by atoms with Gasteiger partial charge >= 0.3 is 10.4 Å². The summed E-state index contributed by atoms with van der Waals surface area (Å²) < 4.78 is 31.6. The van der Waals surface area contributed by atoms with Gasteiger partial charge in [-0.15, -0.1) is 0 Å². The molecule has 5 N–H and O–H groups in total. The SMILES string of the molecule is CCCCN=C(NCCCC)SCCN.O=S(=O)(O)O. The number of unbranched alkanes of at least 4 members (excludes halogenated alkanes) is 2. The summed E-state index contributed by atoms with van der Waals surface area (Å²) in [6.07, 6.45) is 4.79. The molecule has 0 aliphatic rings. The van der Waals surface area contributed by atoms with Crippen molar-refractivity contribution in [3.05, 3.63) is 0 Å². The maximum absolute atomic E-state index is 8.74.